The van der Waals surface area contributed by atoms with Crippen LogP contribution in [0.25, 0.3) is 0 Å². The summed E-state index contributed by atoms with van der Waals surface area (Å²) in [6.45, 7) is 7.66. The molecule has 0 bridgehead atoms. The van der Waals surface area contributed by atoms with E-state index in [2.05, 4.69) is 20.6 Å². The number of amides is 2. The number of nitrogens with one attached hydrogen (secondary N) is 2. The number of aliphatic hydroxyl groups is 1. The zero-order chi connectivity index (χ0) is 22.0. The van der Waals surface area contributed by atoms with E-state index in [4.69, 9.17) is 9.05 Å². The van der Waals surface area contributed by atoms with Crippen molar-refractivity contribution >= 4 is 25.3 Å². The molecule has 2 unspecified atom stereocenters. The fourth-order valence-corrected chi connectivity index (χ4v) is 2.97. The molecule has 0 fully saturated rings. The number of phosphoric ester groups is 1. The fraction of sp³-hybridized carbons (Fsp3) is 0.812. The first-order chi connectivity index (χ1) is 12.8. The second kappa shape index (κ2) is 12.1. The molecule has 0 spiro atoms. The molecule has 0 saturated heterocycles. The third-order valence-corrected chi connectivity index (χ3v) is 4.52. The van der Waals surface area contributed by atoms with Crippen LogP contribution < -0.4 is 10.6 Å². The number of rotatable bonds is 13. The van der Waals surface area contributed by atoms with Crippen LogP contribution in [0, 0.1) is 5.41 Å². The molecule has 0 aromatic carbocycles. The highest BCUT2D eigenvalue weighted by Crippen LogP contribution is 2.46. The Morgan fingerprint density at radius 3 is 2.39 bits per heavy atom. The molecule has 0 heterocycles. The summed E-state index contributed by atoms with van der Waals surface area (Å²) in [6, 6.07) is 0. The second-order valence-electron chi connectivity index (χ2n) is 7.11. The Kier molecular flexibility index (Phi) is 11.5. The normalized spacial score (nSPS) is 15.7. The van der Waals surface area contributed by atoms with Crippen molar-refractivity contribution in [2.75, 3.05) is 26.8 Å². The maximum Gasteiger partial charge on any atom is 0.472 e. The van der Waals surface area contributed by atoms with E-state index in [0.717, 1.165) is 0 Å². The summed E-state index contributed by atoms with van der Waals surface area (Å²) in [5.41, 5.74) is -0.585. The largest absolute Gasteiger partial charge is 0.472 e. The summed E-state index contributed by atoms with van der Waals surface area (Å²) >= 11 is 0. The summed E-state index contributed by atoms with van der Waals surface area (Å²) in [5, 5.41) is 18.9. The Hall–Kier alpha value is -1.52. The molecule has 0 saturated carbocycles. The second-order valence-corrected chi connectivity index (χ2v) is 8.52. The van der Waals surface area contributed by atoms with Gasteiger partial charge >= 0.3 is 7.82 Å². The van der Waals surface area contributed by atoms with E-state index in [1.54, 1.807) is 20.8 Å². The lowest BCUT2D eigenvalue weighted by Gasteiger charge is -2.30. The highest BCUT2D eigenvalue weighted by Gasteiger charge is 2.37. The summed E-state index contributed by atoms with van der Waals surface area (Å²) in [7, 11) is -2.89. The molecule has 0 aliphatic rings. The first-order valence-corrected chi connectivity index (χ1v) is 10.2. The molecule has 0 aliphatic heterocycles. The van der Waals surface area contributed by atoms with Gasteiger partial charge in [0, 0.05) is 18.4 Å². The summed E-state index contributed by atoms with van der Waals surface area (Å²) in [4.78, 5) is 37.9. The SMILES string of the molecule is CO/N=C(\C)CNC(=O)CCNC(=O)C(O)C(C)(C)COP(=O)(O)OC(C)C. The number of aliphatic hydroxyl groups excluding tert-OH is 1. The molecule has 0 radical (unpaired) electrons. The van der Waals surface area contributed by atoms with Crippen LogP contribution in [0.5, 0.6) is 0 Å². The van der Waals surface area contributed by atoms with E-state index < -0.39 is 31.4 Å². The average molecular weight is 425 g/mol. The first-order valence-electron chi connectivity index (χ1n) is 8.75. The fourth-order valence-electron chi connectivity index (χ4n) is 1.88. The number of hydrogen-bond donors (Lipinski definition) is 4. The van der Waals surface area contributed by atoms with Crippen LogP contribution in [-0.2, 0) is 28.0 Å². The van der Waals surface area contributed by atoms with Crippen molar-refractivity contribution in [3.05, 3.63) is 0 Å². The van der Waals surface area contributed by atoms with Gasteiger partial charge in [-0.2, -0.15) is 0 Å². The number of nitrogens with zero attached hydrogens (tertiary/aromatic N) is 1. The van der Waals surface area contributed by atoms with E-state index in [0.29, 0.717) is 5.71 Å². The van der Waals surface area contributed by atoms with Gasteiger partial charge in [-0.25, -0.2) is 4.57 Å². The van der Waals surface area contributed by atoms with Gasteiger partial charge in [-0.1, -0.05) is 19.0 Å². The Bertz CT molecular complexity index is 594. The van der Waals surface area contributed by atoms with Gasteiger partial charge in [-0.05, 0) is 20.8 Å². The van der Waals surface area contributed by atoms with Crippen LogP contribution in [0.15, 0.2) is 5.16 Å². The molecule has 0 aliphatic carbocycles. The third kappa shape index (κ3) is 11.4. The zero-order valence-electron chi connectivity index (χ0n) is 17.2. The van der Waals surface area contributed by atoms with Crippen molar-refractivity contribution in [3.8, 4) is 0 Å². The number of phosphoric acid groups is 1. The van der Waals surface area contributed by atoms with Gasteiger partial charge in [-0.15, -0.1) is 0 Å². The molecule has 0 rings (SSSR count). The van der Waals surface area contributed by atoms with Gasteiger partial charge in [0.25, 0.3) is 0 Å². The minimum Gasteiger partial charge on any atom is -0.399 e. The van der Waals surface area contributed by atoms with Crippen molar-refractivity contribution in [1.29, 1.82) is 0 Å². The third-order valence-electron chi connectivity index (χ3n) is 3.37. The number of carbonyl (C=O) groups is 2. The van der Waals surface area contributed by atoms with Crippen molar-refractivity contribution in [1.82, 2.24) is 10.6 Å². The molecular formula is C16H32N3O8P. The monoisotopic (exact) mass is 425 g/mol. The maximum absolute atomic E-state index is 12.1. The van der Waals surface area contributed by atoms with Crippen LogP contribution in [0.1, 0.15) is 41.0 Å². The van der Waals surface area contributed by atoms with Crippen LogP contribution in [0.2, 0.25) is 0 Å². The zero-order valence-corrected chi connectivity index (χ0v) is 18.1. The lowest BCUT2D eigenvalue weighted by molar-refractivity contribution is -0.137. The van der Waals surface area contributed by atoms with E-state index in [-0.39, 0.29) is 32.0 Å². The number of oxime groups is 1. The quantitative estimate of drug-likeness (QED) is 0.189. The predicted octanol–water partition coefficient (Wildman–Crippen LogP) is 0.560. The Morgan fingerprint density at radius 1 is 1.25 bits per heavy atom. The molecule has 11 nitrogen and oxygen atoms in total. The van der Waals surface area contributed by atoms with Gasteiger partial charge in [-0.3, -0.25) is 18.6 Å². The van der Waals surface area contributed by atoms with Crippen molar-refractivity contribution in [3.63, 3.8) is 0 Å². The highest BCUT2D eigenvalue weighted by molar-refractivity contribution is 7.47. The van der Waals surface area contributed by atoms with Gasteiger partial charge in [0.2, 0.25) is 11.8 Å². The van der Waals surface area contributed by atoms with Crippen LogP contribution in [-0.4, -0.2) is 66.5 Å². The number of hydrogen-bond acceptors (Lipinski definition) is 8. The standard InChI is InChI=1S/C16H32N3O8P/c1-11(2)27-28(23,24)26-10-16(4,5)14(21)15(22)17-8-7-13(20)18-9-12(3)19-25-6/h11,14,21H,7-10H2,1-6H3,(H,17,22)(H,18,20)(H,23,24)/b19-12+. The molecule has 2 atom stereocenters. The molecule has 0 aromatic rings. The minimum atomic E-state index is -4.28. The summed E-state index contributed by atoms with van der Waals surface area (Å²) < 4.78 is 21.4. The molecule has 2 amide bonds. The summed E-state index contributed by atoms with van der Waals surface area (Å²) in [6.07, 6.45) is -2.04. The summed E-state index contributed by atoms with van der Waals surface area (Å²) in [5.74, 6) is -1.04. The van der Waals surface area contributed by atoms with Crippen molar-refractivity contribution in [2.45, 2.75) is 53.2 Å². The Balaban J connectivity index is 4.39. The molecule has 0 aromatic heterocycles. The topological polar surface area (TPSA) is 156 Å². The van der Waals surface area contributed by atoms with Gasteiger partial charge in [0.05, 0.1) is 25.0 Å². The van der Waals surface area contributed by atoms with Crippen molar-refractivity contribution in [2.24, 2.45) is 10.6 Å². The molecule has 12 heteroatoms. The van der Waals surface area contributed by atoms with Crippen molar-refractivity contribution < 1.29 is 38.0 Å². The average Bonchev–Trinajstić information content (AvgIpc) is 2.57. The van der Waals surface area contributed by atoms with E-state index in [9.17, 15) is 24.2 Å². The Morgan fingerprint density at radius 2 is 1.86 bits per heavy atom. The van der Waals surface area contributed by atoms with E-state index in [1.165, 1.54) is 21.0 Å². The van der Waals surface area contributed by atoms with Crippen LogP contribution in [0.4, 0.5) is 0 Å². The Labute approximate surface area is 165 Å². The van der Waals surface area contributed by atoms with E-state index >= 15 is 0 Å². The first kappa shape index (κ1) is 26.5. The lowest BCUT2D eigenvalue weighted by Crippen LogP contribution is -2.46. The van der Waals surface area contributed by atoms with Gasteiger partial charge in [0.1, 0.15) is 13.2 Å². The lowest BCUT2D eigenvalue weighted by atomic mass is 9.87. The smallest absolute Gasteiger partial charge is 0.399 e. The van der Waals surface area contributed by atoms with Crippen LogP contribution >= 0.6 is 7.82 Å². The molecule has 164 valence electrons. The highest BCUT2D eigenvalue weighted by atomic mass is 31.2. The van der Waals surface area contributed by atoms with Crippen LogP contribution in [0.3, 0.4) is 0 Å². The van der Waals surface area contributed by atoms with E-state index in [1.807, 2.05) is 0 Å². The van der Waals surface area contributed by atoms with Gasteiger partial charge < -0.3 is 25.5 Å². The minimum absolute atomic E-state index is 0.00369. The number of carbonyl (C=O) groups excluding carboxylic acids is 2. The van der Waals surface area contributed by atoms with Gasteiger partial charge in [0.15, 0.2) is 0 Å². The predicted molar refractivity (Wildman–Crippen MR) is 103 cm³/mol. The molecular weight excluding hydrogens is 393 g/mol. The molecule has 28 heavy (non-hydrogen) atoms. The maximum atomic E-state index is 12.1. The molecule has 4 N–H and O–H groups in total.